The largest absolute Gasteiger partial charge is 0.378 e. The Bertz CT molecular complexity index is 423. The lowest BCUT2D eigenvalue weighted by Gasteiger charge is -2.43. The van der Waals surface area contributed by atoms with Crippen LogP contribution in [-0.4, -0.2) is 57.7 Å². The summed E-state index contributed by atoms with van der Waals surface area (Å²) < 4.78 is 30.3. The summed E-state index contributed by atoms with van der Waals surface area (Å²) >= 11 is 0. The molecule has 6 nitrogen and oxygen atoms in total. The number of sulfonamides is 1. The van der Waals surface area contributed by atoms with Gasteiger partial charge in [-0.2, -0.15) is 0 Å². The first-order chi connectivity index (χ1) is 8.43. The number of carbonyl (C=O) groups excluding carboxylic acids is 1. The van der Waals surface area contributed by atoms with Crippen molar-refractivity contribution in [1.82, 2.24) is 9.62 Å². The van der Waals surface area contributed by atoms with Crippen molar-refractivity contribution in [3.8, 4) is 0 Å². The monoisotopic (exact) mass is 276 g/mol. The summed E-state index contributed by atoms with van der Waals surface area (Å²) in [4.78, 5) is 11.8. The third-order valence-electron chi connectivity index (χ3n) is 3.88. The Kier molecular flexibility index (Phi) is 3.93. The molecule has 2 fully saturated rings. The van der Waals surface area contributed by atoms with E-state index in [1.165, 1.54) is 10.6 Å². The van der Waals surface area contributed by atoms with Crippen LogP contribution >= 0.6 is 0 Å². The molecule has 2 saturated heterocycles. The maximum absolute atomic E-state index is 11.8. The van der Waals surface area contributed by atoms with Gasteiger partial charge in [-0.15, -0.1) is 0 Å². The summed E-state index contributed by atoms with van der Waals surface area (Å²) in [5.74, 6) is -0.177. The Labute approximate surface area is 108 Å². The average molecular weight is 276 g/mol. The average Bonchev–Trinajstić information content (AvgIpc) is 2.35. The van der Waals surface area contributed by atoms with Crippen LogP contribution in [0.3, 0.4) is 0 Å². The molecule has 2 rings (SSSR count). The van der Waals surface area contributed by atoms with Crippen molar-refractivity contribution in [2.75, 3.05) is 33.0 Å². The Hall–Kier alpha value is -0.660. The van der Waals surface area contributed by atoms with E-state index < -0.39 is 10.0 Å². The third kappa shape index (κ3) is 2.67. The van der Waals surface area contributed by atoms with E-state index in [9.17, 15) is 13.2 Å². The molecule has 2 heterocycles. The quantitative estimate of drug-likeness (QED) is 0.732. The number of amides is 1. The number of hydrogen-bond acceptors (Lipinski definition) is 4. The molecule has 0 aliphatic carbocycles. The van der Waals surface area contributed by atoms with Crippen molar-refractivity contribution in [3.05, 3.63) is 0 Å². The number of fused-ring (bicyclic) bond motifs is 1. The highest BCUT2D eigenvalue weighted by atomic mass is 32.2. The zero-order valence-corrected chi connectivity index (χ0v) is 11.6. The molecule has 0 aromatic rings. The van der Waals surface area contributed by atoms with E-state index in [1.54, 1.807) is 7.05 Å². The fourth-order valence-corrected chi connectivity index (χ4v) is 3.78. The van der Waals surface area contributed by atoms with Crippen molar-refractivity contribution in [2.24, 2.45) is 11.8 Å². The highest BCUT2D eigenvalue weighted by molar-refractivity contribution is 7.88. The zero-order chi connectivity index (χ0) is 13.3. The molecule has 0 aromatic heterocycles. The number of ether oxygens (including phenoxy) is 1. The van der Waals surface area contributed by atoms with Crippen LogP contribution in [0.4, 0.5) is 0 Å². The lowest BCUT2D eigenvalue weighted by atomic mass is 9.79. The first-order valence-electron chi connectivity index (χ1n) is 6.22. The first kappa shape index (κ1) is 13.8. The second-order valence-electron chi connectivity index (χ2n) is 4.99. The van der Waals surface area contributed by atoms with Gasteiger partial charge in [-0.1, -0.05) is 0 Å². The van der Waals surface area contributed by atoms with Gasteiger partial charge in [0.05, 0.1) is 12.4 Å². The Morgan fingerprint density at radius 2 is 2.11 bits per heavy atom. The first-order valence-corrected chi connectivity index (χ1v) is 8.06. The van der Waals surface area contributed by atoms with Crippen molar-refractivity contribution in [1.29, 1.82) is 0 Å². The zero-order valence-electron chi connectivity index (χ0n) is 10.8. The van der Waals surface area contributed by atoms with Crippen LogP contribution in [-0.2, 0) is 19.6 Å². The summed E-state index contributed by atoms with van der Waals surface area (Å²) in [6.07, 6.45) is 2.56. The SMILES string of the molecule is CNC(=O)[C@@H]1CCO[C@@H]2CCN(S(C)(=O)=O)C[C@H]21. The molecule has 0 radical (unpaired) electrons. The number of nitrogens with zero attached hydrogens (tertiary/aromatic N) is 1. The van der Waals surface area contributed by atoms with Gasteiger partial charge < -0.3 is 10.1 Å². The van der Waals surface area contributed by atoms with Crippen LogP contribution in [0, 0.1) is 11.8 Å². The molecule has 7 heteroatoms. The molecule has 1 N–H and O–H groups in total. The van der Waals surface area contributed by atoms with Crippen molar-refractivity contribution < 1.29 is 17.9 Å². The minimum absolute atomic E-state index is 0.0105. The second-order valence-corrected chi connectivity index (χ2v) is 6.97. The van der Waals surface area contributed by atoms with Crippen LogP contribution in [0.15, 0.2) is 0 Å². The van der Waals surface area contributed by atoms with Gasteiger partial charge in [0, 0.05) is 38.6 Å². The van der Waals surface area contributed by atoms with E-state index in [2.05, 4.69) is 5.32 Å². The number of hydrogen-bond donors (Lipinski definition) is 1. The molecule has 0 bridgehead atoms. The maximum Gasteiger partial charge on any atom is 0.223 e. The summed E-state index contributed by atoms with van der Waals surface area (Å²) in [6, 6.07) is 0. The summed E-state index contributed by atoms with van der Waals surface area (Å²) in [5, 5.41) is 2.66. The normalized spacial score (nSPS) is 33.8. The topological polar surface area (TPSA) is 75.7 Å². The number of piperidine rings is 1. The van der Waals surface area contributed by atoms with E-state index in [1.807, 2.05) is 0 Å². The Morgan fingerprint density at radius 1 is 1.39 bits per heavy atom. The van der Waals surface area contributed by atoms with E-state index in [0.29, 0.717) is 32.5 Å². The lowest BCUT2D eigenvalue weighted by Crippen LogP contribution is -2.54. The molecular formula is C11H20N2O4S. The van der Waals surface area contributed by atoms with Gasteiger partial charge in [-0.05, 0) is 12.8 Å². The fraction of sp³-hybridized carbons (Fsp3) is 0.909. The van der Waals surface area contributed by atoms with Gasteiger partial charge in [-0.25, -0.2) is 12.7 Å². The van der Waals surface area contributed by atoms with Crippen LogP contribution in [0.2, 0.25) is 0 Å². The third-order valence-corrected chi connectivity index (χ3v) is 5.15. The number of nitrogens with one attached hydrogen (secondary N) is 1. The molecular weight excluding hydrogens is 256 g/mol. The molecule has 0 unspecified atom stereocenters. The van der Waals surface area contributed by atoms with Crippen molar-refractivity contribution in [3.63, 3.8) is 0 Å². The predicted molar refractivity (Wildman–Crippen MR) is 66.4 cm³/mol. The molecule has 0 spiro atoms. The van der Waals surface area contributed by atoms with E-state index in [0.717, 1.165) is 0 Å². The Balaban J connectivity index is 2.15. The molecule has 2 aliphatic heterocycles. The van der Waals surface area contributed by atoms with Crippen LogP contribution in [0.5, 0.6) is 0 Å². The van der Waals surface area contributed by atoms with E-state index in [-0.39, 0.29) is 23.8 Å². The molecule has 1 amide bonds. The second kappa shape index (κ2) is 5.14. The van der Waals surface area contributed by atoms with Gasteiger partial charge in [0.25, 0.3) is 0 Å². The van der Waals surface area contributed by atoms with Crippen molar-refractivity contribution in [2.45, 2.75) is 18.9 Å². The smallest absolute Gasteiger partial charge is 0.223 e. The highest BCUT2D eigenvalue weighted by Gasteiger charge is 2.43. The van der Waals surface area contributed by atoms with Gasteiger partial charge in [0.1, 0.15) is 0 Å². The van der Waals surface area contributed by atoms with Gasteiger partial charge in [0.15, 0.2) is 0 Å². The summed E-state index contributed by atoms with van der Waals surface area (Å²) in [7, 11) is -1.57. The molecule has 104 valence electrons. The standard InChI is InChI=1S/C11H20N2O4S/c1-12-11(14)8-4-6-17-10-3-5-13(7-9(8)10)18(2,15)16/h8-10H,3-7H2,1-2H3,(H,12,14)/t8-,9+,10-/m1/s1. The van der Waals surface area contributed by atoms with Crippen LogP contribution in [0.1, 0.15) is 12.8 Å². The lowest BCUT2D eigenvalue weighted by molar-refractivity contribution is -0.139. The molecule has 0 aromatic carbocycles. The molecule has 3 atom stereocenters. The number of rotatable bonds is 2. The summed E-state index contributed by atoms with van der Waals surface area (Å²) in [5.41, 5.74) is 0. The predicted octanol–water partition coefficient (Wildman–Crippen LogP) is -0.581. The van der Waals surface area contributed by atoms with E-state index in [4.69, 9.17) is 4.74 Å². The minimum atomic E-state index is -3.19. The van der Waals surface area contributed by atoms with Crippen LogP contribution < -0.4 is 5.32 Å². The molecule has 2 aliphatic rings. The van der Waals surface area contributed by atoms with Gasteiger partial charge >= 0.3 is 0 Å². The molecule has 18 heavy (non-hydrogen) atoms. The van der Waals surface area contributed by atoms with Gasteiger partial charge in [0.2, 0.25) is 15.9 Å². The highest BCUT2D eigenvalue weighted by Crippen LogP contribution is 2.33. The minimum Gasteiger partial charge on any atom is -0.378 e. The Morgan fingerprint density at radius 3 is 2.72 bits per heavy atom. The van der Waals surface area contributed by atoms with Crippen molar-refractivity contribution >= 4 is 15.9 Å². The summed E-state index contributed by atoms with van der Waals surface area (Å²) in [6.45, 7) is 1.46. The number of carbonyl (C=O) groups is 1. The molecule has 0 saturated carbocycles. The van der Waals surface area contributed by atoms with Gasteiger partial charge in [-0.3, -0.25) is 4.79 Å². The fourth-order valence-electron chi connectivity index (χ4n) is 2.90. The maximum atomic E-state index is 11.8. The van der Waals surface area contributed by atoms with E-state index >= 15 is 0 Å². The van der Waals surface area contributed by atoms with Crippen LogP contribution in [0.25, 0.3) is 0 Å².